The van der Waals surface area contributed by atoms with E-state index in [-0.39, 0.29) is 12.5 Å². The van der Waals surface area contributed by atoms with E-state index >= 15 is 0 Å². The van der Waals surface area contributed by atoms with Crippen molar-refractivity contribution in [1.29, 1.82) is 0 Å². The van der Waals surface area contributed by atoms with Crippen LogP contribution in [-0.2, 0) is 15.8 Å². The fourth-order valence-corrected chi connectivity index (χ4v) is 2.24. The Balaban J connectivity index is 2.10. The summed E-state index contributed by atoms with van der Waals surface area (Å²) in [4.78, 5) is 12.4. The van der Waals surface area contributed by atoms with Crippen molar-refractivity contribution in [2.45, 2.75) is 31.8 Å². The molecule has 0 fully saturated rings. The number of amides is 1. The molecular formula is C17H20FNO3. The number of aliphatic hydroxyl groups is 1. The normalized spacial score (nSPS) is 14.4. The molecule has 0 unspecified atom stereocenters. The lowest BCUT2D eigenvalue weighted by Crippen LogP contribution is -2.46. The van der Waals surface area contributed by atoms with Gasteiger partial charge in [0, 0.05) is 5.56 Å². The molecule has 1 heterocycles. The van der Waals surface area contributed by atoms with Crippen LogP contribution in [0.3, 0.4) is 0 Å². The molecule has 1 amide bonds. The van der Waals surface area contributed by atoms with Crippen molar-refractivity contribution in [3.63, 3.8) is 0 Å². The van der Waals surface area contributed by atoms with Gasteiger partial charge in [-0.15, -0.1) is 0 Å². The number of nitrogens with one attached hydrogen (secondary N) is 1. The van der Waals surface area contributed by atoms with Gasteiger partial charge in [-0.25, -0.2) is 4.39 Å². The average Bonchev–Trinajstić information content (AvgIpc) is 3.00. The minimum Gasteiger partial charge on any atom is -0.466 e. The average molecular weight is 305 g/mol. The number of carbonyl (C=O) groups is 1. The molecule has 0 aliphatic heterocycles. The van der Waals surface area contributed by atoms with E-state index in [1.807, 2.05) is 0 Å². The van der Waals surface area contributed by atoms with Crippen LogP contribution < -0.4 is 5.32 Å². The van der Waals surface area contributed by atoms with E-state index in [4.69, 9.17) is 4.42 Å². The standard InChI is InChI=1S/C17H20FNO3/c1-16(2,12-7-4-5-8-13(12)18)15(20)19-11-17(3,21)14-9-6-10-22-14/h4-10,21H,11H2,1-3H3,(H,19,20)/t17-/m1/s1. The molecule has 0 spiro atoms. The molecule has 22 heavy (non-hydrogen) atoms. The lowest BCUT2D eigenvalue weighted by molar-refractivity contribution is -0.127. The van der Waals surface area contributed by atoms with Crippen LogP contribution in [0.25, 0.3) is 0 Å². The molecule has 0 saturated heterocycles. The molecule has 118 valence electrons. The fourth-order valence-electron chi connectivity index (χ4n) is 2.24. The molecule has 1 atom stereocenters. The molecule has 1 aromatic carbocycles. The summed E-state index contributed by atoms with van der Waals surface area (Å²) in [5, 5.41) is 13.0. The number of halogens is 1. The molecule has 4 nitrogen and oxygen atoms in total. The van der Waals surface area contributed by atoms with Gasteiger partial charge in [-0.1, -0.05) is 18.2 Å². The zero-order chi connectivity index (χ0) is 16.4. The highest BCUT2D eigenvalue weighted by Gasteiger charge is 2.34. The minimum atomic E-state index is -1.33. The Morgan fingerprint density at radius 2 is 1.91 bits per heavy atom. The Morgan fingerprint density at radius 3 is 2.50 bits per heavy atom. The highest BCUT2D eigenvalue weighted by Crippen LogP contribution is 2.26. The first-order valence-electron chi connectivity index (χ1n) is 7.05. The number of hydrogen-bond acceptors (Lipinski definition) is 3. The monoisotopic (exact) mass is 305 g/mol. The second kappa shape index (κ2) is 5.93. The Bertz CT molecular complexity index is 648. The molecule has 0 aliphatic carbocycles. The summed E-state index contributed by atoms with van der Waals surface area (Å²) in [5.74, 6) is -0.443. The third-order valence-electron chi connectivity index (χ3n) is 3.76. The zero-order valence-corrected chi connectivity index (χ0v) is 12.9. The van der Waals surface area contributed by atoms with Crippen molar-refractivity contribution in [1.82, 2.24) is 5.32 Å². The minimum absolute atomic E-state index is 0.0305. The topological polar surface area (TPSA) is 62.5 Å². The van der Waals surface area contributed by atoms with Crippen LogP contribution in [0.1, 0.15) is 32.1 Å². The zero-order valence-electron chi connectivity index (χ0n) is 12.9. The van der Waals surface area contributed by atoms with Gasteiger partial charge in [0.2, 0.25) is 5.91 Å². The van der Waals surface area contributed by atoms with Crippen LogP contribution in [0.2, 0.25) is 0 Å². The molecule has 1 aromatic heterocycles. The lowest BCUT2D eigenvalue weighted by Gasteiger charge is -2.27. The Morgan fingerprint density at radius 1 is 1.23 bits per heavy atom. The maximum Gasteiger partial charge on any atom is 0.230 e. The maximum absolute atomic E-state index is 13.9. The SMILES string of the molecule is CC(C)(C(=O)NC[C@@](C)(O)c1ccco1)c1ccccc1F. The quantitative estimate of drug-likeness (QED) is 0.893. The van der Waals surface area contributed by atoms with Gasteiger partial charge in [-0.3, -0.25) is 4.79 Å². The highest BCUT2D eigenvalue weighted by atomic mass is 19.1. The highest BCUT2D eigenvalue weighted by molar-refractivity contribution is 5.87. The number of carbonyl (C=O) groups excluding carboxylic acids is 1. The van der Waals surface area contributed by atoms with E-state index < -0.39 is 16.8 Å². The van der Waals surface area contributed by atoms with Crippen molar-refractivity contribution in [3.8, 4) is 0 Å². The van der Waals surface area contributed by atoms with Gasteiger partial charge in [-0.2, -0.15) is 0 Å². The second-order valence-corrected chi connectivity index (χ2v) is 6.04. The largest absolute Gasteiger partial charge is 0.466 e. The van der Waals surface area contributed by atoms with E-state index in [0.29, 0.717) is 11.3 Å². The summed E-state index contributed by atoms with van der Waals surface area (Å²) < 4.78 is 19.1. The smallest absolute Gasteiger partial charge is 0.230 e. The third kappa shape index (κ3) is 3.20. The van der Waals surface area contributed by atoms with Crippen LogP contribution in [0.4, 0.5) is 4.39 Å². The van der Waals surface area contributed by atoms with Gasteiger partial charge in [0.05, 0.1) is 18.2 Å². The first-order valence-corrected chi connectivity index (χ1v) is 7.05. The Labute approximate surface area is 129 Å². The van der Waals surface area contributed by atoms with Crippen molar-refractivity contribution in [3.05, 3.63) is 59.8 Å². The summed E-state index contributed by atoms with van der Waals surface area (Å²) in [7, 11) is 0. The van der Waals surface area contributed by atoms with Gasteiger partial charge in [-0.05, 0) is 39.0 Å². The van der Waals surface area contributed by atoms with Gasteiger partial charge >= 0.3 is 0 Å². The Kier molecular flexibility index (Phi) is 4.37. The first-order chi connectivity index (χ1) is 10.2. The van der Waals surface area contributed by atoms with Crippen molar-refractivity contribution >= 4 is 5.91 Å². The van der Waals surface area contributed by atoms with E-state index in [1.165, 1.54) is 12.3 Å². The van der Waals surface area contributed by atoms with E-state index in [1.54, 1.807) is 51.1 Å². The van der Waals surface area contributed by atoms with Gasteiger partial charge in [0.25, 0.3) is 0 Å². The predicted molar refractivity (Wildman–Crippen MR) is 80.7 cm³/mol. The third-order valence-corrected chi connectivity index (χ3v) is 3.76. The predicted octanol–water partition coefficient (Wildman–Crippen LogP) is 2.72. The molecule has 2 aromatic rings. The second-order valence-electron chi connectivity index (χ2n) is 6.04. The summed E-state index contributed by atoms with van der Waals surface area (Å²) in [6.45, 7) is 4.80. The molecule has 2 N–H and O–H groups in total. The van der Waals surface area contributed by atoms with E-state index in [9.17, 15) is 14.3 Å². The fraction of sp³-hybridized carbons (Fsp3) is 0.353. The maximum atomic E-state index is 13.9. The number of hydrogen-bond donors (Lipinski definition) is 2. The first kappa shape index (κ1) is 16.2. The van der Waals surface area contributed by atoms with E-state index in [0.717, 1.165) is 0 Å². The van der Waals surface area contributed by atoms with Gasteiger partial charge in [0.15, 0.2) is 0 Å². The molecule has 0 aliphatic rings. The molecule has 0 bridgehead atoms. The van der Waals surface area contributed by atoms with E-state index in [2.05, 4.69) is 5.32 Å². The van der Waals surface area contributed by atoms with Crippen LogP contribution in [0.5, 0.6) is 0 Å². The summed E-state index contributed by atoms with van der Waals surface area (Å²) in [6.07, 6.45) is 1.45. The van der Waals surface area contributed by atoms with Gasteiger partial charge in [0.1, 0.15) is 17.2 Å². The van der Waals surface area contributed by atoms with Crippen LogP contribution in [0, 0.1) is 5.82 Å². The lowest BCUT2D eigenvalue weighted by atomic mass is 9.83. The van der Waals surface area contributed by atoms with Crippen LogP contribution in [0.15, 0.2) is 47.1 Å². The molecule has 2 rings (SSSR count). The summed E-state index contributed by atoms with van der Waals surface area (Å²) in [5.41, 5.74) is -2.07. The summed E-state index contributed by atoms with van der Waals surface area (Å²) >= 11 is 0. The van der Waals surface area contributed by atoms with Crippen LogP contribution in [-0.4, -0.2) is 17.6 Å². The molecule has 0 saturated carbocycles. The number of benzene rings is 1. The van der Waals surface area contributed by atoms with Crippen molar-refractivity contribution in [2.24, 2.45) is 0 Å². The van der Waals surface area contributed by atoms with Crippen molar-refractivity contribution in [2.75, 3.05) is 6.54 Å². The number of rotatable bonds is 5. The van der Waals surface area contributed by atoms with Gasteiger partial charge < -0.3 is 14.8 Å². The Hall–Kier alpha value is -2.14. The number of furan rings is 1. The van der Waals surface area contributed by atoms with Crippen molar-refractivity contribution < 1.29 is 18.7 Å². The molecule has 0 radical (unpaired) electrons. The van der Waals surface area contributed by atoms with Crippen LogP contribution >= 0.6 is 0 Å². The molecular weight excluding hydrogens is 285 g/mol. The summed E-state index contributed by atoms with van der Waals surface area (Å²) in [6, 6.07) is 9.47. The molecule has 5 heteroatoms.